The highest BCUT2D eigenvalue weighted by atomic mass is 32.1. The van der Waals surface area contributed by atoms with Gasteiger partial charge in [0, 0.05) is 23.4 Å². The number of ether oxygens (including phenoxy) is 1. The first-order valence-corrected chi connectivity index (χ1v) is 10.1. The van der Waals surface area contributed by atoms with Crippen LogP contribution in [0.4, 0.5) is 0 Å². The first-order valence-electron chi connectivity index (χ1n) is 9.25. The molecule has 4 heterocycles. The lowest BCUT2D eigenvalue weighted by Crippen LogP contribution is -2.04. The third-order valence-corrected chi connectivity index (χ3v) is 5.90. The number of ketones is 1. The molecule has 4 rings (SSSR count). The number of rotatable bonds is 5. The molecule has 144 valence electrons. The number of thiophene rings is 1. The van der Waals surface area contributed by atoms with Crippen LogP contribution in [0.5, 0.6) is 0 Å². The van der Waals surface area contributed by atoms with Crippen LogP contribution in [0.1, 0.15) is 46.2 Å². The highest BCUT2D eigenvalue weighted by molar-refractivity contribution is 7.20. The zero-order valence-corrected chi connectivity index (χ0v) is 17.5. The van der Waals surface area contributed by atoms with Crippen LogP contribution < -0.4 is 0 Å². The van der Waals surface area contributed by atoms with Crippen LogP contribution in [0.2, 0.25) is 0 Å². The molecule has 0 saturated heterocycles. The Hall–Kier alpha value is -2.86. The van der Waals surface area contributed by atoms with Crippen molar-refractivity contribution in [2.24, 2.45) is 10.9 Å². The molecule has 0 saturated carbocycles. The Kier molecular flexibility index (Phi) is 4.59. The smallest absolute Gasteiger partial charge is 0.175 e. The summed E-state index contributed by atoms with van der Waals surface area (Å²) in [5.74, 6) is 0.912. The molecule has 0 atom stereocenters. The SMILES string of the molecule is COC1=CC(c2cc3sc(C(=O)C(C)C)cc3[nH]2)=NC1=Cc1[nH]c(C)cc1C. The predicted octanol–water partition coefficient (Wildman–Crippen LogP) is 5.39. The predicted molar refractivity (Wildman–Crippen MR) is 115 cm³/mol. The summed E-state index contributed by atoms with van der Waals surface area (Å²) < 4.78 is 6.59. The molecule has 28 heavy (non-hydrogen) atoms. The lowest BCUT2D eigenvalue weighted by atomic mass is 10.1. The standard InChI is InChI=1S/C22H23N3O2S/c1-11(2)22(26)21-10-18-20(28-21)9-16(25-18)15-8-19(27-5)17(24-15)7-14-12(3)6-13(4)23-14/h6-11,23,25H,1-5H3. The van der Waals surface area contributed by atoms with Crippen molar-refractivity contribution in [3.63, 3.8) is 0 Å². The van der Waals surface area contributed by atoms with Crippen LogP contribution in [0, 0.1) is 19.8 Å². The van der Waals surface area contributed by atoms with Gasteiger partial charge in [0.05, 0.1) is 33.6 Å². The third kappa shape index (κ3) is 3.24. The van der Waals surface area contributed by atoms with Crippen LogP contribution in [0.25, 0.3) is 16.3 Å². The minimum absolute atomic E-state index is 0.00130. The fourth-order valence-corrected chi connectivity index (χ4v) is 4.47. The highest BCUT2D eigenvalue weighted by Gasteiger charge is 2.20. The van der Waals surface area contributed by atoms with Gasteiger partial charge >= 0.3 is 0 Å². The minimum Gasteiger partial charge on any atom is -0.494 e. The van der Waals surface area contributed by atoms with Crippen molar-refractivity contribution < 1.29 is 9.53 Å². The molecule has 3 aromatic rings. The second-order valence-corrected chi connectivity index (χ2v) is 8.46. The van der Waals surface area contributed by atoms with E-state index in [2.05, 4.69) is 23.0 Å². The molecule has 5 nitrogen and oxygen atoms in total. The third-order valence-electron chi connectivity index (χ3n) is 4.80. The fraction of sp³-hybridized carbons (Fsp3) is 0.273. The van der Waals surface area contributed by atoms with Gasteiger partial charge in [-0.25, -0.2) is 4.99 Å². The van der Waals surface area contributed by atoms with Crippen LogP contribution in [0.15, 0.2) is 40.7 Å². The Morgan fingerprint density at radius 1 is 1.21 bits per heavy atom. The average Bonchev–Trinajstić information content (AvgIpc) is 3.37. The number of hydrogen-bond donors (Lipinski definition) is 2. The summed E-state index contributed by atoms with van der Waals surface area (Å²) in [6.45, 7) is 7.96. The van der Waals surface area contributed by atoms with Crippen LogP contribution in [0.3, 0.4) is 0 Å². The van der Waals surface area contributed by atoms with Gasteiger partial charge < -0.3 is 14.7 Å². The van der Waals surface area contributed by atoms with Gasteiger partial charge in [-0.15, -0.1) is 11.3 Å². The second kappa shape index (κ2) is 6.95. The van der Waals surface area contributed by atoms with Crippen LogP contribution in [-0.4, -0.2) is 28.6 Å². The Balaban J connectivity index is 1.68. The number of carbonyl (C=O) groups excluding carboxylic acids is 1. The monoisotopic (exact) mass is 393 g/mol. The molecule has 6 heteroatoms. The molecule has 2 N–H and O–H groups in total. The number of aromatic nitrogens is 2. The van der Waals surface area contributed by atoms with Gasteiger partial charge in [0.15, 0.2) is 5.78 Å². The molecule has 0 fully saturated rings. The van der Waals surface area contributed by atoms with Crippen LogP contribution in [-0.2, 0) is 4.74 Å². The van der Waals surface area contributed by atoms with Crippen molar-refractivity contribution in [1.29, 1.82) is 0 Å². The molecule has 0 aromatic carbocycles. The number of aromatic amines is 2. The van der Waals surface area contributed by atoms with Crippen molar-refractivity contribution in [2.45, 2.75) is 27.7 Å². The van der Waals surface area contributed by atoms with E-state index in [1.165, 1.54) is 16.9 Å². The van der Waals surface area contributed by atoms with Crippen molar-refractivity contribution in [3.05, 3.63) is 63.3 Å². The molecule has 0 radical (unpaired) electrons. The first kappa shape index (κ1) is 18.5. The van der Waals surface area contributed by atoms with E-state index in [0.29, 0.717) is 0 Å². The number of nitrogens with zero attached hydrogens (tertiary/aromatic N) is 1. The van der Waals surface area contributed by atoms with E-state index in [9.17, 15) is 4.79 Å². The van der Waals surface area contributed by atoms with Crippen molar-refractivity contribution in [2.75, 3.05) is 7.11 Å². The first-order chi connectivity index (χ1) is 13.4. The number of methoxy groups -OCH3 is 1. The average molecular weight is 394 g/mol. The maximum absolute atomic E-state index is 12.2. The van der Waals surface area contributed by atoms with Gasteiger partial charge in [-0.2, -0.15) is 0 Å². The van der Waals surface area contributed by atoms with E-state index in [4.69, 9.17) is 9.73 Å². The second-order valence-electron chi connectivity index (χ2n) is 7.38. The number of hydrogen-bond acceptors (Lipinski definition) is 4. The normalized spacial score (nSPS) is 15.6. The van der Waals surface area contributed by atoms with E-state index >= 15 is 0 Å². The lowest BCUT2D eigenvalue weighted by molar-refractivity contribution is 0.0943. The molecule has 0 spiro atoms. The van der Waals surface area contributed by atoms with E-state index < -0.39 is 0 Å². The number of carbonyl (C=O) groups is 1. The lowest BCUT2D eigenvalue weighted by Gasteiger charge is -2.01. The zero-order chi connectivity index (χ0) is 20.0. The Morgan fingerprint density at radius 3 is 2.61 bits per heavy atom. The number of H-pyrrole nitrogens is 2. The van der Waals surface area contributed by atoms with Gasteiger partial charge in [0.25, 0.3) is 0 Å². The van der Waals surface area contributed by atoms with E-state index in [-0.39, 0.29) is 11.7 Å². The zero-order valence-electron chi connectivity index (χ0n) is 16.6. The topological polar surface area (TPSA) is 70.2 Å². The van der Waals surface area contributed by atoms with Gasteiger partial charge in [0.2, 0.25) is 0 Å². The number of fused-ring (bicyclic) bond motifs is 1. The number of allylic oxidation sites excluding steroid dienone is 1. The molecule has 0 amide bonds. The number of aryl methyl sites for hydroxylation is 2. The number of Topliss-reactive ketones (excluding diaryl/α,β-unsaturated/α-hetero) is 1. The molecule has 1 aliphatic rings. The van der Waals surface area contributed by atoms with Gasteiger partial charge in [0.1, 0.15) is 11.5 Å². The summed E-state index contributed by atoms with van der Waals surface area (Å²) >= 11 is 1.52. The molecular formula is C22H23N3O2S. The summed E-state index contributed by atoms with van der Waals surface area (Å²) in [5.41, 5.74) is 6.82. The Labute approximate surface area is 167 Å². The number of aliphatic imine (C=N–C) groups is 1. The van der Waals surface area contributed by atoms with E-state index in [1.807, 2.05) is 45.1 Å². The summed E-state index contributed by atoms with van der Waals surface area (Å²) in [5, 5.41) is 0. The fourth-order valence-electron chi connectivity index (χ4n) is 3.32. The van der Waals surface area contributed by atoms with E-state index in [0.717, 1.165) is 49.3 Å². The van der Waals surface area contributed by atoms with Crippen molar-refractivity contribution >= 4 is 39.1 Å². The Bertz CT molecular complexity index is 1140. The molecular weight excluding hydrogens is 370 g/mol. The largest absolute Gasteiger partial charge is 0.494 e. The minimum atomic E-state index is 0.00130. The highest BCUT2D eigenvalue weighted by Crippen LogP contribution is 2.31. The maximum atomic E-state index is 12.2. The molecule has 0 bridgehead atoms. The summed E-state index contributed by atoms with van der Waals surface area (Å²) in [4.78, 5) is 24.5. The van der Waals surface area contributed by atoms with Crippen LogP contribution >= 0.6 is 11.3 Å². The van der Waals surface area contributed by atoms with E-state index in [1.54, 1.807) is 7.11 Å². The maximum Gasteiger partial charge on any atom is 0.175 e. The molecule has 0 unspecified atom stereocenters. The van der Waals surface area contributed by atoms with Gasteiger partial charge in [-0.1, -0.05) is 13.8 Å². The summed E-state index contributed by atoms with van der Waals surface area (Å²) in [7, 11) is 1.65. The summed E-state index contributed by atoms with van der Waals surface area (Å²) in [6.07, 6.45) is 3.95. The molecule has 1 aliphatic heterocycles. The number of nitrogens with one attached hydrogen (secondary N) is 2. The van der Waals surface area contributed by atoms with Gasteiger partial charge in [-0.05, 0) is 43.7 Å². The Morgan fingerprint density at radius 2 is 2.00 bits per heavy atom. The summed E-state index contributed by atoms with van der Waals surface area (Å²) in [6, 6.07) is 6.09. The quantitative estimate of drug-likeness (QED) is 0.571. The van der Waals surface area contributed by atoms with Crippen molar-refractivity contribution in [1.82, 2.24) is 9.97 Å². The van der Waals surface area contributed by atoms with Crippen molar-refractivity contribution in [3.8, 4) is 0 Å². The van der Waals surface area contributed by atoms with Gasteiger partial charge in [-0.3, -0.25) is 4.79 Å². The molecule has 3 aromatic heterocycles. The molecule has 0 aliphatic carbocycles.